The molecule has 0 aliphatic heterocycles. The summed E-state index contributed by atoms with van der Waals surface area (Å²) in [6, 6.07) is 0. The van der Waals surface area contributed by atoms with E-state index in [1.54, 1.807) is 41.5 Å². The van der Waals surface area contributed by atoms with E-state index in [2.05, 4.69) is 0 Å². The lowest BCUT2D eigenvalue weighted by atomic mass is 10.2. The van der Waals surface area contributed by atoms with Crippen molar-refractivity contribution < 1.29 is 15.7 Å². The van der Waals surface area contributed by atoms with E-state index < -0.39 is 17.4 Å². The van der Waals surface area contributed by atoms with Gasteiger partial charge in [-0.15, -0.1) is 0 Å². The summed E-state index contributed by atoms with van der Waals surface area (Å²) >= 11 is 0. The van der Waals surface area contributed by atoms with Gasteiger partial charge in [0.25, 0.3) is 0 Å². The second kappa shape index (κ2) is 3.33. The monoisotopic (exact) mass is 175 g/mol. The minimum absolute atomic E-state index is 0. The minimum Gasteiger partial charge on any atom is -0.429 e. The van der Waals surface area contributed by atoms with Crippen molar-refractivity contribution in [3.05, 3.63) is 0 Å². The molecule has 0 N–H and O–H groups in total. The first-order valence-electron chi connectivity index (χ1n) is 4.02. The second-order valence-electron chi connectivity index (χ2n) is 4.68. The predicted octanol–water partition coefficient (Wildman–Crippen LogP) is 2.85. The molecule has 0 aromatic heterocycles. The van der Waals surface area contributed by atoms with Crippen LogP contribution in [0.5, 0.6) is 0 Å². The number of hydrogen-bond acceptors (Lipinski definition) is 3. The molecule has 0 unspecified atom stereocenters. The highest BCUT2D eigenvalue weighted by atomic mass is 16.7. The number of ether oxygens (including phenoxy) is 2. The maximum Gasteiger partial charge on any atom is 1.00 e. The van der Waals surface area contributed by atoms with Gasteiger partial charge in [-0.2, -0.15) is 0 Å². The van der Waals surface area contributed by atoms with Crippen LogP contribution >= 0.6 is 0 Å². The van der Waals surface area contributed by atoms with Gasteiger partial charge < -0.3 is 9.47 Å². The third kappa shape index (κ3) is 7.38. The van der Waals surface area contributed by atoms with E-state index in [9.17, 15) is 4.79 Å². The van der Waals surface area contributed by atoms with Crippen LogP contribution in [-0.4, -0.2) is 17.4 Å². The molecule has 0 rings (SSSR count). The number of rotatable bonds is 0. The van der Waals surface area contributed by atoms with E-state index in [4.69, 9.17) is 9.47 Å². The van der Waals surface area contributed by atoms with Crippen LogP contribution in [0.2, 0.25) is 0 Å². The largest absolute Gasteiger partial charge is 1.00 e. The number of hydrogen-bond donors (Lipinski definition) is 0. The van der Waals surface area contributed by atoms with E-state index >= 15 is 0 Å². The molecular formula is C9H19O3+. The van der Waals surface area contributed by atoms with Crippen LogP contribution in [0.4, 0.5) is 4.79 Å². The molecule has 72 valence electrons. The van der Waals surface area contributed by atoms with Gasteiger partial charge in [-0.1, -0.05) is 0 Å². The minimum atomic E-state index is -0.616. The lowest BCUT2D eigenvalue weighted by Crippen LogP contribution is -2.30. The van der Waals surface area contributed by atoms with Gasteiger partial charge in [-0.05, 0) is 41.5 Å². The molecule has 3 heteroatoms. The summed E-state index contributed by atoms with van der Waals surface area (Å²) in [5.41, 5.74) is -0.968. The normalized spacial score (nSPS) is 12.5. The highest BCUT2D eigenvalue weighted by molar-refractivity contribution is 5.61. The van der Waals surface area contributed by atoms with E-state index in [-0.39, 0.29) is 1.43 Å². The molecule has 0 aliphatic carbocycles. The Labute approximate surface area is 75.5 Å². The van der Waals surface area contributed by atoms with E-state index in [0.717, 1.165) is 0 Å². The van der Waals surface area contributed by atoms with Crippen molar-refractivity contribution in [2.45, 2.75) is 52.7 Å². The van der Waals surface area contributed by atoms with Crippen LogP contribution in [0.15, 0.2) is 0 Å². The molecule has 0 aliphatic rings. The molecule has 0 atom stereocenters. The van der Waals surface area contributed by atoms with Gasteiger partial charge in [0.05, 0.1) is 0 Å². The van der Waals surface area contributed by atoms with Crippen LogP contribution in [-0.2, 0) is 9.47 Å². The van der Waals surface area contributed by atoms with Gasteiger partial charge in [0, 0.05) is 0 Å². The molecule has 0 fully saturated rings. The lowest BCUT2D eigenvalue weighted by molar-refractivity contribution is -0.0468. The first kappa shape index (κ1) is 11.3. The molecule has 0 saturated carbocycles. The van der Waals surface area contributed by atoms with Gasteiger partial charge >= 0.3 is 7.58 Å². The van der Waals surface area contributed by atoms with E-state index in [0.29, 0.717) is 0 Å². The lowest BCUT2D eigenvalue weighted by Gasteiger charge is -2.24. The predicted molar refractivity (Wildman–Crippen MR) is 48.2 cm³/mol. The van der Waals surface area contributed by atoms with Crippen molar-refractivity contribution in [3.8, 4) is 0 Å². The van der Waals surface area contributed by atoms with Gasteiger partial charge in [-0.3, -0.25) is 0 Å². The fourth-order valence-corrected chi connectivity index (χ4v) is 0.521. The molecule has 0 heterocycles. The molecule has 0 aromatic carbocycles. The zero-order valence-electron chi connectivity index (χ0n) is 9.72. The first-order valence-corrected chi connectivity index (χ1v) is 4.02. The summed E-state index contributed by atoms with van der Waals surface area (Å²) in [6.07, 6.45) is -0.616. The average molecular weight is 175 g/mol. The van der Waals surface area contributed by atoms with E-state index in [1.807, 2.05) is 0 Å². The summed E-state index contributed by atoms with van der Waals surface area (Å²) in [5, 5.41) is 0. The molecule has 0 spiro atoms. The van der Waals surface area contributed by atoms with Crippen molar-refractivity contribution in [2.75, 3.05) is 0 Å². The number of carbonyl (C=O) groups excluding carboxylic acids is 1. The van der Waals surface area contributed by atoms with Crippen molar-refractivity contribution in [1.82, 2.24) is 0 Å². The fourth-order valence-electron chi connectivity index (χ4n) is 0.521. The third-order valence-corrected chi connectivity index (χ3v) is 0.779. The highest BCUT2D eigenvalue weighted by Crippen LogP contribution is 2.13. The summed E-state index contributed by atoms with van der Waals surface area (Å²) in [6.45, 7) is 10.8. The Hall–Kier alpha value is -0.730. The van der Waals surface area contributed by atoms with Crippen LogP contribution < -0.4 is 0 Å². The van der Waals surface area contributed by atoms with Gasteiger partial charge in [0.1, 0.15) is 11.2 Å². The first-order chi connectivity index (χ1) is 5.10. The van der Waals surface area contributed by atoms with Crippen LogP contribution in [0.3, 0.4) is 0 Å². The Balaban J connectivity index is 0. The van der Waals surface area contributed by atoms with Crippen molar-refractivity contribution >= 4 is 6.16 Å². The molecule has 12 heavy (non-hydrogen) atoms. The Morgan fingerprint density at radius 1 is 0.917 bits per heavy atom. The van der Waals surface area contributed by atoms with E-state index in [1.165, 1.54) is 0 Å². The van der Waals surface area contributed by atoms with Gasteiger partial charge in [-0.25, -0.2) is 4.79 Å². The number of carbonyl (C=O) groups is 1. The highest BCUT2D eigenvalue weighted by Gasteiger charge is 2.22. The van der Waals surface area contributed by atoms with Gasteiger partial charge in [0.2, 0.25) is 0 Å². The summed E-state index contributed by atoms with van der Waals surface area (Å²) in [7, 11) is 0. The van der Waals surface area contributed by atoms with Crippen LogP contribution in [0, 0.1) is 0 Å². The SMILES string of the molecule is CC(C)(C)OC(=O)OC(C)(C)C.[H+]. The van der Waals surface area contributed by atoms with Crippen molar-refractivity contribution in [3.63, 3.8) is 0 Å². The zero-order chi connectivity index (χ0) is 9.99. The quantitative estimate of drug-likeness (QED) is 0.531. The zero-order valence-corrected chi connectivity index (χ0v) is 8.72. The standard InChI is InChI=1S/C9H18O3/c1-8(2,3)11-7(10)12-9(4,5)6/h1-6H3/p+1. The molecule has 0 radical (unpaired) electrons. The Morgan fingerprint density at radius 3 is 1.33 bits per heavy atom. The van der Waals surface area contributed by atoms with Crippen molar-refractivity contribution in [2.24, 2.45) is 0 Å². The van der Waals surface area contributed by atoms with Gasteiger partial charge in [0.15, 0.2) is 0 Å². The van der Waals surface area contributed by atoms with Crippen molar-refractivity contribution in [1.29, 1.82) is 0 Å². The Morgan fingerprint density at radius 2 is 1.17 bits per heavy atom. The fraction of sp³-hybridized carbons (Fsp3) is 0.889. The maximum atomic E-state index is 11.0. The average Bonchev–Trinajstić information content (AvgIpc) is 1.49. The third-order valence-electron chi connectivity index (χ3n) is 0.779. The van der Waals surface area contributed by atoms with Crippen LogP contribution in [0.1, 0.15) is 43.0 Å². The summed E-state index contributed by atoms with van der Waals surface area (Å²) in [4.78, 5) is 11.0. The Bertz CT molecular complexity index is 147. The molecule has 0 aromatic rings. The molecule has 0 saturated heterocycles. The summed E-state index contributed by atoms with van der Waals surface area (Å²) in [5.74, 6) is 0. The summed E-state index contributed by atoms with van der Waals surface area (Å²) < 4.78 is 9.91. The molecule has 3 nitrogen and oxygen atoms in total. The topological polar surface area (TPSA) is 35.5 Å². The molecular weight excluding hydrogens is 156 g/mol. The Kier molecular flexibility index (Phi) is 3.13. The molecule has 0 amide bonds. The maximum absolute atomic E-state index is 11.0. The van der Waals surface area contributed by atoms with Crippen LogP contribution in [0.25, 0.3) is 0 Å². The smallest absolute Gasteiger partial charge is 0.429 e. The second-order valence-corrected chi connectivity index (χ2v) is 4.68. The molecule has 0 bridgehead atoms.